The molecule has 5 aromatic rings. The van der Waals surface area contributed by atoms with E-state index < -0.39 is 0 Å². The van der Waals surface area contributed by atoms with Gasteiger partial charge in [0.1, 0.15) is 0 Å². The fourth-order valence-corrected chi connectivity index (χ4v) is 3.91. The van der Waals surface area contributed by atoms with E-state index in [1.54, 1.807) is 0 Å². The van der Waals surface area contributed by atoms with E-state index >= 15 is 0 Å². The second-order valence-corrected chi connectivity index (χ2v) is 6.74. The lowest BCUT2D eigenvalue weighted by molar-refractivity contribution is 1.17. The normalized spacial score (nSPS) is 11.3. The monoisotopic (exact) mass is 333 g/mol. The lowest BCUT2D eigenvalue weighted by atomic mass is 10.1. The predicted molar refractivity (Wildman–Crippen MR) is 111 cm³/mol. The molecule has 0 fully saturated rings. The van der Waals surface area contributed by atoms with Crippen molar-refractivity contribution < 1.29 is 0 Å². The van der Waals surface area contributed by atoms with E-state index in [9.17, 15) is 0 Å². The molecule has 0 atom stereocenters. The fraction of sp³-hybridized carbons (Fsp3) is 0.0400. The van der Waals surface area contributed by atoms with Crippen molar-refractivity contribution in [1.82, 2.24) is 4.57 Å². The average molecular weight is 333 g/mol. The van der Waals surface area contributed by atoms with Crippen molar-refractivity contribution >= 4 is 21.8 Å². The van der Waals surface area contributed by atoms with Gasteiger partial charge in [-0.05, 0) is 41.8 Å². The molecule has 1 nitrogen and oxygen atoms in total. The first-order chi connectivity index (χ1) is 12.8. The minimum atomic E-state index is 1.20. The Labute approximate surface area is 153 Å². The van der Waals surface area contributed by atoms with Gasteiger partial charge < -0.3 is 4.57 Å². The number of hydrogen-bond acceptors (Lipinski definition) is 0. The minimum Gasteiger partial charge on any atom is -0.309 e. The fourth-order valence-electron chi connectivity index (χ4n) is 3.91. The Balaban J connectivity index is 1.85. The second-order valence-electron chi connectivity index (χ2n) is 6.74. The Bertz CT molecular complexity index is 1230. The standard InChI is InChI=1S/C25H19N/c1-18-9-7-15-23-22-14-5-6-16-24(22)26(25(18)23)21-13-8-12-20(17-21)19-10-3-2-4-11-19/h2-17H,1H3. The third-order valence-corrected chi connectivity index (χ3v) is 5.11. The summed E-state index contributed by atoms with van der Waals surface area (Å²) in [6, 6.07) is 34.6. The lowest BCUT2D eigenvalue weighted by Crippen LogP contribution is -1.95. The zero-order chi connectivity index (χ0) is 17.5. The molecule has 0 aliphatic rings. The molecule has 0 saturated heterocycles. The van der Waals surface area contributed by atoms with Gasteiger partial charge >= 0.3 is 0 Å². The van der Waals surface area contributed by atoms with E-state index in [-0.39, 0.29) is 0 Å². The van der Waals surface area contributed by atoms with Crippen LogP contribution in [0.1, 0.15) is 5.56 Å². The molecule has 4 aromatic carbocycles. The summed E-state index contributed by atoms with van der Waals surface area (Å²) >= 11 is 0. The van der Waals surface area contributed by atoms with Crippen LogP contribution in [0.15, 0.2) is 97.1 Å². The van der Waals surface area contributed by atoms with E-state index in [0.717, 1.165) is 0 Å². The van der Waals surface area contributed by atoms with Crippen molar-refractivity contribution in [3.63, 3.8) is 0 Å². The van der Waals surface area contributed by atoms with Crippen LogP contribution in [0.2, 0.25) is 0 Å². The Morgan fingerprint density at radius 3 is 2.15 bits per heavy atom. The molecule has 0 unspecified atom stereocenters. The van der Waals surface area contributed by atoms with Crippen LogP contribution in [0.4, 0.5) is 0 Å². The first-order valence-corrected chi connectivity index (χ1v) is 8.97. The van der Waals surface area contributed by atoms with E-state index in [2.05, 4.69) is 109 Å². The highest BCUT2D eigenvalue weighted by Gasteiger charge is 2.13. The van der Waals surface area contributed by atoms with Crippen molar-refractivity contribution in [1.29, 1.82) is 0 Å². The number of hydrogen-bond donors (Lipinski definition) is 0. The van der Waals surface area contributed by atoms with Gasteiger partial charge in [-0.25, -0.2) is 0 Å². The Morgan fingerprint density at radius 1 is 0.577 bits per heavy atom. The zero-order valence-corrected chi connectivity index (χ0v) is 14.7. The zero-order valence-electron chi connectivity index (χ0n) is 14.7. The van der Waals surface area contributed by atoms with Crippen LogP contribution in [0.3, 0.4) is 0 Å². The highest BCUT2D eigenvalue weighted by Crippen LogP contribution is 2.34. The Kier molecular flexibility index (Phi) is 3.39. The quantitative estimate of drug-likeness (QED) is 0.336. The Morgan fingerprint density at radius 2 is 1.27 bits per heavy atom. The molecular weight excluding hydrogens is 314 g/mol. The summed E-state index contributed by atoms with van der Waals surface area (Å²) in [6.45, 7) is 2.19. The maximum absolute atomic E-state index is 2.40. The number of aromatic nitrogens is 1. The van der Waals surface area contributed by atoms with Crippen molar-refractivity contribution in [3.05, 3.63) is 103 Å². The number of rotatable bonds is 2. The van der Waals surface area contributed by atoms with Crippen LogP contribution in [0, 0.1) is 6.92 Å². The minimum absolute atomic E-state index is 1.20. The molecule has 26 heavy (non-hydrogen) atoms. The summed E-state index contributed by atoms with van der Waals surface area (Å²) in [7, 11) is 0. The molecule has 5 rings (SSSR count). The maximum Gasteiger partial charge on any atom is 0.0570 e. The van der Waals surface area contributed by atoms with Gasteiger partial charge in [-0.2, -0.15) is 0 Å². The van der Waals surface area contributed by atoms with E-state index in [4.69, 9.17) is 0 Å². The van der Waals surface area contributed by atoms with E-state index in [1.807, 2.05) is 0 Å². The number of benzene rings is 4. The van der Waals surface area contributed by atoms with Crippen molar-refractivity contribution in [3.8, 4) is 16.8 Å². The number of para-hydroxylation sites is 2. The molecule has 0 aliphatic carbocycles. The van der Waals surface area contributed by atoms with Gasteiger partial charge in [-0.1, -0.05) is 78.9 Å². The van der Waals surface area contributed by atoms with Crippen LogP contribution in [-0.2, 0) is 0 Å². The van der Waals surface area contributed by atoms with Gasteiger partial charge in [0.15, 0.2) is 0 Å². The highest BCUT2D eigenvalue weighted by atomic mass is 15.0. The number of nitrogens with zero attached hydrogens (tertiary/aromatic N) is 1. The van der Waals surface area contributed by atoms with Crippen molar-refractivity contribution in [2.75, 3.05) is 0 Å². The summed E-state index contributed by atoms with van der Waals surface area (Å²) in [5.41, 5.74) is 7.52. The molecular formula is C25H19N. The number of aryl methyl sites for hydroxylation is 1. The summed E-state index contributed by atoms with van der Waals surface area (Å²) < 4.78 is 2.40. The smallest absolute Gasteiger partial charge is 0.0570 e. The number of fused-ring (bicyclic) bond motifs is 3. The lowest BCUT2D eigenvalue weighted by Gasteiger charge is -2.11. The third kappa shape index (κ3) is 2.25. The summed E-state index contributed by atoms with van der Waals surface area (Å²) in [4.78, 5) is 0. The van der Waals surface area contributed by atoms with Crippen LogP contribution < -0.4 is 0 Å². The first kappa shape index (κ1) is 15.0. The van der Waals surface area contributed by atoms with Crippen molar-refractivity contribution in [2.45, 2.75) is 6.92 Å². The summed E-state index contributed by atoms with van der Waals surface area (Å²) in [5.74, 6) is 0. The van der Waals surface area contributed by atoms with Gasteiger partial charge in [-0.3, -0.25) is 0 Å². The molecule has 1 heterocycles. The van der Waals surface area contributed by atoms with Gasteiger partial charge in [-0.15, -0.1) is 0 Å². The SMILES string of the molecule is Cc1cccc2c3ccccc3n(-c3cccc(-c4ccccc4)c3)c12. The molecule has 0 radical (unpaired) electrons. The summed E-state index contributed by atoms with van der Waals surface area (Å²) in [5, 5.41) is 2.61. The third-order valence-electron chi connectivity index (χ3n) is 5.11. The van der Waals surface area contributed by atoms with Crippen molar-refractivity contribution in [2.24, 2.45) is 0 Å². The predicted octanol–water partition coefficient (Wildman–Crippen LogP) is 6.76. The molecule has 0 aliphatic heterocycles. The average Bonchev–Trinajstić information content (AvgIpc) is 3.05. The van der Waals surface area contributed by atoms with Crippen LogP contribution in [-0.4, -0.2) is 4.57 Å². The van der Waals surface area contributed by atoms with Gasteiger partial charge in [0.2, 0.25) is 0 Å². The van der Waals surface area contributed by atoms with Gasteiger partial charge in [0.25, 0.3) is 0 Å². The molecule has 1 heteroatoms. The van der Waals surface area contributed by atoms with E-state index in [1.165, 1.54) is 44.2 Å². The molecule has 0 saturated carbocycles. The van der Waals surface area contributed by atoms with Crippen LogP contribution in [0.25, 0.3) is 38.6 Å². The molecule has 0 N–H and O–H groups in total. The van der Waals surface area contributed by atoms with Crippen LogP contribution >= 0.6 is 0 Å². The Hall–Kier alpha value is -3.32. The molecule has 0 spiro atoms. The molecule has 1 aromatic heterocycles. The first-order valence-electron chi connectivity index (χ1n) is 8.97. The second kappa shape index (κ2) is 5.89. The maximum atomic E-state index is 2.40. The topological polar surface area (TPSA) is 4.93 Å². The van der Waals surface area contributed by atoms with Gasteiger partial charge in [0.05, 0.1) is 11.0 Å². The highest BCUT2D eigenvalue weighted by molar-refractivity contribution is 6.10. The largest absolute Gasteiger partial charge is 0.309 e. The summed E-state index contributed by atoms with van der Waals surface area (Å²) in [6.07, 6.45) is 0. The van der Waals surface area contributed by atoms with Crippen LogP contribution in [0.5, 0.6) is 0 Å². The van der Waals surface area contributed by atoms with E-state index in [0.29, 0.717) is 0 Å². The molecule has 124 valence electrons. The molecule has 0 bridgehead atoms. The van der Waals surface area contributed by atoms with Gasteiger partial charge in [0, 0.05) is 16.5 Å². The molecule has 0 amide bonds.